The maximum atomic E-state index is 12.5. The lowest BCUT2D eigenvalue weighted by Crippen LogP contribution is -2.30. The van der Waals surface area contributed by atoms with E-state index in [1.165, 1.54) is 17.0 Å². The normalized spacial score (nSPS) is 14.5. The van der Waals surface area contributed by atoms with Gasteiger partial charge in [0.15, 0.2) is 0 Å². The van der Waals surface area contributed by atoms with E-state index in [1.807, 2.05) is 0 Å². The molecule has 1 aromatic heterocycles. The topological polar surface area (TPSA) is 78.1 Å². The molecule has 0 atom stereocenters. The minimum atomic E-state index is -4.27. The van der Waals surface area contributed by atoms with Crippen LogP contribution < -0.4 is 10.9 Å². The Balaban J connectivity index is 1.77. The molecular formula is C15H13F3N4O2. The van der Waals surface area contributed by atoms with E-state index in [9.17, 15) is 22.8 Å². The Labute approximate surface area is 134 Å². The van der Waals surface area contributed by atoms with Gasteiger partial charge < -0.3 is 5.32 Å². The van der Waals surface area contributed by atoms with E-state index in [4.69, 9.17) is 0 Å². The number of carbonyl (C=O) groups excluding carboxylic acids is 1. The average molecular weight is 338 g/mol. The van der Waals surface area contributed by atoms with Gasteiger partial charge in [-0.3, -0.25) is 14.5 Å². The summed E-state index contributed by atoms with van der Waals surface area (Å²) in [4.78, 5) is 24.4. The van der Waals surface area contributed by atoms with Crippen molar-refractivity contribution in [1.82, 2.24) is 15.1 Å². The van der Waals surface area contributed by atoms with Crippen molar-refractivity contribution in [3.63, 3.8) is 0 Å². The molecule has 0 saturated heterocycles. The average Bonchev–Trinajstić information content (AvgIpc) is 2.89. The molecule has 2 N–H and O–H groups in total. The molecule has 1 aliphatic rings. The van der Waals surface area contributed by atoms with Crippen molar-refractivity contribution in [2.75, 3.05) is 11.9 Å². The number of anilines is 1. The first-order valence-electron chi connectivity index (χ1n) is 7.09. The molecule has 0 fully saturated rings. The van der Waals surface area contributed by atoms with E-state index >= 15 is 0 Å². The number of aromatic amines is 1. The minimum Gasteiger partial charge on any atom is -0.320 e. The smallest absolute Gasteiger partial charge is 0.320 e. The molecule has 1 aliphatic heterocycles. The number of rotatable bonds is 3. The number of nitrogens with one attached hydrogen (secondary N) is 2. The SMILES string of the molecule is O=C(Nc1cccc2c1CN(CC(F)(F)F)C2)c1ccc(=O)[nH]n1. The van der Waals surface area contributed by atoms with Crippen LogP contribution in [0.3, 0.4) is 0 Å². The highest BCUT2D eigenvalue weighted by Gasteiger charge is 2.34. The van der Waals surface area contributed by atoms with Gasteiger partial charge in [0.1, 0.15) is 5.69 Å². The van der Waals surface area contributed by atoms with Crippen LogP contribution in [0.15, 0.2) is 35.1 Å². The first-order valence-corrected chi connectivity index (χ1v) is 7.09. The van der Waals surface area contributed by atoms with Crippen LogP contribution in [0, 0.1) is 0 Å². The summed E-state index contributed by atoms with van der Waals surface area (Å²) >= 11 is 0. The summed E-state index contributed by atoms with van der Waals surface area (Å²) < 4.78 is 37.6. The third-order valence-corrected chi connectivity index (χ3v) is 3.61. The first-order chi connectivity index (χ1) is 11.3. The van der Waals surface area contributed by atoms with Crippen molar-refractivity contribution in [3.05, 3.63) is 57.5 Å². The Bertz CT molecular complexity index is 812. The fourth-order valence-corrected chi connectivity index (χ4v) is 2.63. The van der Waals surface area contributed by atoms with E-state index in [1.54, 1.807) is 18.2 Å². The number of benzene rings is 1. The molecule has 0 bridgehead atoms. The monoisotopic (exact) mass is 338 g/mol. The molecule has 0 unspecified atom stereocenters. The van der Waals surface area contributed by atoms with Gasteiger partial charge in [-0.25, -0.2) is 5.10 Å². The van der Waals surface area contributed by atoms with Crippen molar-refractivity contribution in [1.29, 1.82) is 0 Å². The van der Waals surface area contributed by atoms with E-state index < -0.39 is 24.2 Å². The Morgan fingerprint density at radius 1 is 1.25 bits per heavy atom. The lowest BCUT2D eigenvalue weighted by atomic mass is 10.1. The Morgan fingerprint density at radius 3 is 2.71 bits per heavy atom. The van der Waals surface area contributed by atoms with Gasteiger partial charge in [0.05, 0.1) is 6.54 Å². The Morgan fingerprint density at radius 2 is 2.04 bits per heavy atom. The fraction of sp³-hybridized carbons (Fsp3) is 0.267. The number of fused-ring (bicyclic) bond motifs is 1. The Kier molecular flexibility index (Phi) is 4.10. The third kappa shape index (κ3) is 3.62. The molecule has 9 heteroatoms. The van der Waals surface area contributed by atoms with Crippen LogP contribution in [0.4, 0.5) is 18.9 Å². The van der Waals surface area contributed by atoms with E-state index in [2.05, 4.69) is 15.5 Å². The molecule has 24 heavy (non-hydrogen) atoms. The number of H-pyrrole nitrogens is 1. The molecule has 126 valence electrons. The molecule has 6 nitrogen and oxygen atoms in total. The number of alkyl halides is 3. The van der Waals surface area contributed by atoms with E-state index in [0.717, 1.165) is 5.56 Å². The summed E-state index contributed by atoms with van der Waals surface area (Å²) in [6.45, 7) is -0.726. The molecule has 1 aromatic carbocycles. The fourth-order valence-electron chi connectivity index (χ4n) is 2.63. The van der Waals surface area contributed by atoms with Crippen LogP contribution in [0.25, 0.3) is 0 Å². The summed E-state index contributed by atoms with van der Waals surface area (Å²) in [6.07, 6.45) is -4.27. The molecule has 0 saturated carbocycles. The van der Waals surface area contributed by atoms with Gasteiger partial charge >= 0.3 is 6.18 Å². The van der Waals surface area contributed by atoms with Crippen molar-refractivity contribution in [2.24, 2.45) is 0 Å². The summed E-state index contributed by atoms with van der Waals surface area (Å²) in [5, 5.41) is 8.40. The number of halogens is 3. The number of amides is 1. The highest BCUT2D eigenvalue weighted by Crippen LogP contribution is 2.31. The largest absolute Gasteiger partial charge is 0.401 e. The summed E-state index contributed by atoms with van der Waals surface area (Å²) in [7, 11) is 0. The standard InChI is InChI=1S/C15H13F3N4O2/c16-15(17,18)8-22-6-9-2-1-3-11(10(9)7-22)19-14(24)12-4-5-13(23)21-20-12/h1-5H,6-8H2,(H,19,24)(H,21,23). The Hall–Kier alpha value is -2.68. The molecule has 0 radical (unpaired) electrons. The van der Waals surface area contributed by atoms with E-state index in [-0.39, 0.29) is 18.8 Å². The van der Waals surface area contributed by atoms with Crippen LogP contribution in [0.2, 0.25) is 0 Å². The second-order valence-electron chi connectivity index (χ2n) is 5.46. The van der Waals surface area contributed by atoms with Gasteiger partial charge in [0.2, 0.25) is 0 Å². The van der Waals surface area contributed by atoms with Crippen LogP contribution in [-0.4, -0.2) is 33.7 Å². The molecule has 0 spiro atoms. The first kappa shape index (κ1) is 16.2. The lowest BCUT2D eigenvalue weighted by Gasteiger charge is -2.16. The van der Waals surface area contributed by atoms with Crippen molar-refractivity contribution in [2.45, 2.75) is 19.3 Å². The van der Waals surface area contributed by atoms with Crippen molar-refractivity contribution in [3.8, 4) is 0 Å². The maximum Gasteiger partial charge on any atom is 0.401 e. The number of hydrogen-bond donors (Lipinski definition) is 2. The van der Waals surface area contributed by atoms with Gasteiger partial charge in [-0.1, -0.05) is 12.1 Å². The molecule has 2 aromatic rings. The highest BCUT2D eigenvalue weighted by molar-refractivity contribution is 6.03. The zero-order valence-corrected chi connectivity index (χ0v) is 12.4. The van der Waals surface area contributed by atoms with Crippen LogP contribution in [-0.2, 0) is 13.1 Å². The predicted octanol–water partition coefficient (Wildman–Crippen LogP) is 1.90. The molecular weight excluding hydrogens is 325 g/mol. The second-order valence-corrected chi connectivity index (χ2v) is 5.46. The molecule has 3 rings (SSSR count). The predicted molar refractivity (Wildman–Crippen MR) is 79.4 cm³/mol. The summed E-state index contributed by atoms with van der Waals surface area (Å²) in [5.41, 5.74) is 1.41. The summed E-state index contributed by atoms with van der Waals surface area (Å²) in [5.74, 6) is -0.547. The zero-order valence-electron chi connectivity index (χ0n) is 12.4. The third-order valence-electron chi connectivity index (χ3n) is 3.61. The van der Waals surface area contributed by atoms with Gasteiger partial charge in [-0.2, -0.15) is 18.3 Å². The molecule has 1 amide bonds. The lowest BCUT2D eigenvalue weighted by molar-refractivity contribution is -0.146. The van der Waals surface area contributed by atoms with Gasteiger partial charge in [0, 0.05) is 24.8 Å². The van der Waals surface area contributed by atoms with Crippen LogP contribution >= 0.6 is 0 Å². The number of hydrogen-bond acceptors (Lipinski definition) is 4. The number of aromatic nitrogens is 2. The maximum absolute atomic E-state index is 12.5. The van der Waals surface area contributed by atoms with Crippen LogP contribution in [0.1, 0.15) is 21.6 Å². The second kappa shape index (κ2) is 6.08. The molecule has 0 aliphatic carbocycles. The van der Waals surface area contributed by atoms with Gasteiger partial charge in [0.25, 0.3) is 11.5 Å². The number of carbonyl (C=O) groups is 1. The van der Waals surface area contributed by atoms with Crippen molar-refractivity contribution < 1.29 is 18.0 Å². The minimum absolute atomic E-state index is 0.0114. The highest BCUT2D eigenvalue weighted by atomic mass is 19.4. The van der Waals surface area contributed by atoms with Crippen molar-refractivity contribution >= 4 is 11.6 Å². The molecule has 2 heterocycles. The van der Waals surface area contributed by atoms with Crippen LogP contribution in [0.5, 0.6) is 0 Å². The van der Waals surface area contributed by atoms with Gasteiger partial charge in [-0.15, -0.1) is 0 Å². The van der Waals surface area contributed by atoms with Gasteiger partial charge in [-0.05, 0) is 23.3 Å². The zero-order chi connectivity index (χ0) is 17.3. The quantitative estimate of drug-likeness (QED) is 0.896. The van der Waals surface area contributed by atoms with E-state index in [0.29, 0.717) is 11.3 Å². The summed E-state index contributed by atoms with van der Waals surface area (Å²) in [6, 6.07) is 7.47. The number of nitrogens with zero attached hydrogens (tertiary/aromatic N) is 2.